The van der Waals surface area contributed by atoms with Gasteiger partial charge in [0.05, 0.1) is 11.4 Å². The number of nitrogens with zero attached hydrogens (tertiary/aromatic N) is 4. The normalized spacial score (nSPS) is 17.5. The summed E-state index contributed by atoms with van der Waals surface area (Å²) < 4.78 is 21.0. The molecule has 29 heavy (non-hydrogen) atoms. The number of benzene rings is 1. The van der Waals surface area contributed by atoms with Crippen LogP contribution in [-0.4, -0.2) is 44.3 Å². The van der Waals surface area contributed by atoms with Gasteiger partial charge in [-0.3, -0.25) is 0 Å². The lowest BCUT2D eigenvalue weighted by atomic mass is 9.95. The topological polar surface area (TPSA) is 59.7 Å². The van der Waals surface area contributed by atoms with Crippen LogP contribution in [0, 0.1) is 5.82 Å². The summed E-state index contributed by atoms with van der Waals surface area (Å²) in [5, 5.41) is 4.68. The average Bonchev–Trinajstić information content (AvgIpc) is 3.11. The smallest absolute Gasteiger partial charge is 0.410 e. The van der Waals surface area contributed by atoms with E-state index in [1.54, 1.807) is 17.2 Å². The summed E-state index contributed by atoms with van der Waals surface area (Å²) in [6.45, 7) is 6.87. The maximum atomic E-state index is 13.6. The molecule has 3 heterocycles. The van der Waals surface area contributed by atoms with Gasteiger partial charge in [-0.05, 0) is 51.8 Å². The number of rotatable bonds is 2. The van der Waals surface area contributed by atoms with E-state index in [2.05, 4.69) is 10.1 Å². The predicted molar refractivity (Wildman–Crippen MR) is 108 cm³/mol. The van der Waals surface area contributed by atoms with Crippen molar-refractivity contribution in [2.45, 2.75) is 45.1 Å². The number of hydrogen-bond acceptors (Lipinski definition) is 4. The molecular formula is C22H25FN4O2. The van der Waals surface area contributed by atoms with Crippen LogP contribution in [0.3, 0.4) is 0 Å². The first-order valence-electron chi connectivity index (χ1n) is 9.89. The fourth-order valence-corrected chi connectivity index (χ4v) is 3.72. The Bertz CT molecular complexity index is 1040. The van der Waals surface area contributed by atoms with E-state index in [1.165, 1.54) is 12.1 Å². The number of fused-ring (bicyclic) bond motifs is 1. The van der Waals surface area contributed by atoms with Gasteiger partial charge < -0.3 is 9.64 Å². The van der Waals surface area contributed by atoms with Gasteiger partial charge in [0, 0.05) is 36.8 Å². The third kappa shape index (κ3) is 4.23. The molecule has 0 spiro atoms. The molecule has 0 unspecified atom stereocenters. The van der Waals surface area contributed by atoms with Crippen LogP contribution in [0.4, 0.5) is 9.18 Å². The highest BCUT2D eigenvalue weighted by atomic mass is 19.1. The number of hydrogen-bond donors (Lipinski definition) is 0. The molecule has 7 heteroatoms. The molecule has 1 aliphatic rings. The second-order valence-corrected chi connectivity index (χ2v) is 8.45. The van der Waals surface area contributed by atoms with Gasteiger partial charge in [0.1, 0.15) is 11.4 Å². The third-order valence-electron chi connectivity index (χ3n) is 5.00. The molecule has 0 saturated carbocycles. The summed E-state index contributed by atoms with van der Waals surface area (Å²) in [7, 11) is 0. The maximum Gasteiger partial charge on any atom is 0.410 e. The highest BCUT2D eigenvalue weighted by molar-refractivity contribution is 5.68. The lowest BCUT2D eigenvalue weighted by molar-refractivity contribution is 0.0196. The van der Waals surface area contributed by atoms with Crippen LogP contribution < -0.4 is 0 Å². The SMILES string of the molecule is CC(C)(C)OC(=O)N1CCC[C@H](c2ccnc3cc(-c4cccc(F)c4)nn23)C1. The van der Waals surface area contributed by atoms with Crippen LogP contribution >= 0.6 is 0 Å². The molecule has 6 nitrogen and oxygen atoms in total. The zero-order valence-electron chi connectivity index (χ0n) is 16.9. The van der Waals surface area contributed by atoms with Crippen molar-refractivity contribution in [3.8, 4) is 11.3 Å². The second kappa shape index (κ2) is 7.46. The molecule has 1 saturated heterocycles. The van der Waals surface area contributed by atoms with Crippen molar-refractivity contribution in [3.05, 3.63) is 54.1 Å². The van der Waals surface area contributed by atoms with Gasteiger partial charge in [0.2, 0.25) is 0 Å². The van der Waals surface area contributed by atoms with E-state index in [-0.39, 0.29) is 17.8 Å². The molecule has 0 radical (unpaired) electrons. The zero-order chi connectivity index (χ0) is 20.6. The highest BCUT2D eigenvalue weighted by Gasteiger charge is 2.29. The van der Waals surface area contributed by atoms with E-state index in [4.69, 9.17) is 4.74 Å². The molecule has 3 aromatic rings. The lowest BCUT2D eigenvalue weighted by Crippen LogP contribution is -2.42. The minimum Gasteiger partial charge on any atom is -0.444 e. The molecular weight excluding hydrogens is 371 g/mol. The van der Waals surface area contributed by atoms with Crippen LogP contribution in [0.15, 0.2) is 42.6 Å². The van der Waals surface area contributed by atoms with Crippen LogP contribution in [0.25, 0.3) is 16.9 Å². The van der Waals surface area contributed by atoms with Crippen molar-refractivity contribution in [2.75, 3.05) is 13.1 Å². The molecule has 4 rings (SSSR count). The van der Waals surface area contributed by atoms with E-state index in [0.29, 0.717) is 30.0 Å². The minimum absolute atomic E-state index is 0.127. The number of aromatic nitrogens is 3. The Morgan fingerprint density at radius 3 is 2.83 bits per heavy atom. The zero-order valence-corrected chi connectivity index (χ0v) is 16.9. The summed E-state index contributed by atoms with van der Waals surface area (Å²) in [6.07, 6.45) is 3.32. The Morgan fingerprint density at radius 2 is 2.07 bits per heavy atom. The first-order chi connectivity index (χ1) is 13.8. The molecule has 1 aromatic carbocycles. The fourth-order valence-electron chi connectivity index (χ4n) is 3.72. The number of likely N-dealkylation sites (tertiary alicyclic amines) is 1. The van der Waals surface area contributed by atoms with Crippen LogP contribution in [0.2, 0.25) is 0 Å². The molecule has 1 aliphatic heterocycles. The molecule has 1 atom stereocenters. The summed E-state index contributed by atoms with van der Waals surface area (Å²) in [5.41, 5.74) is 2.56. The minimum atomic E-state index is -0.518. The van der Waals surface area contributed by atoms with Gasteiger partial charge in [-0.25, -0.2) is 18.7 Å². The fraction of sp³-hybridized carbons (Fsp3) is 0.409. The summed E-state index contributed by atoms with van der Waals surface area (Å²) in [4.78, 5) is 18.7. The van der Waals surface area contributed by atoms with Crippen molar-refractivity contribution < 1.29 is 13.9 Å². The summed E-state index contributed by atoms with van der Waals surface area (Å²) >= 11 is 0. The largest absolute Gasteiger partial charge is 0.444 e. The van der Waals surface area contributed by atoms with Gasteiger partial charge in [0.25, 0.3) is 0 Å². The first-order valence-corrected chi connectivity index (χ1v) is 9.89. The number of ether oxygens (including phenoxy) is 1. The molecule has 0 bridgehead atoms. The predicted octanol–water partition coefficient (Wildman–Crippen LogP) is 4.65. The number of carbonyl (C=O) groups excluding carboxylic acids is 1. The molecule has 1 fully saturated rings. The number of halogens is 1. The Labute approximate surface area is 169 Å². The highest BCUT2D eigenvalue weighted by Crippen LogP contribution is 2.29. The summed E-state index contributed by atoms with van der Waals surface area (Å²) in [6, 6.07) is 10.2. The molecule has 2 aromatic heterocycles. The second-order valence-electron chi connectivity index (χ2n) is 8.45. The summed E-state index contributed by atoms with van der Waals surface area (Å²) in [5.74, 6) is -0.171. The Kier molecular flexibility index (Phi) is 4.98. The van der Waals surface area contributed by atoms with Crippen molar-refractivity contribution >= 4 is 11.7 Å². The van der Waals surface area contributed by atoms with Gasteiger partial charge >= 0.3 is 6.09 Å². The average molecular weight is 396 g/mol. The van der Waals surface area contributed by atoms with E-state index in [9.17, 15) is 9.18 Å². The number of piperidine rings is 1. The van der Waals surface area contributed by atoms with E-state index >= 15 is 0 Å². The Morgan fingerprint density at radius 1 is 1.24 bits per heavy atom. The van der Waals surface area contributed by atoms with E-state index < -0.39 is 5.60 Å². The van der Waals surface area contributed by atoms with E-state index in [1.807, 2.05) is 43.5 Å². The third-order valence-corrected chi connectivity index (χ3v) is 5.00. The van der Waals surface area contributed by atoms with Crippen molar-refractivity contribution in [2.24, 2.45) is 0 Å². The lowest BCUT2D eigenvalue weighted by Gasteiger charge is -2.34. The van der Waals surface area contributed by atoms with Gasteiger partial charge in [-0.15, -0.1) is 0 Å². The van der Waals surface area contributed by atoms with Crippen molar-refractivity contribution in [3.63, 3.8) is 0 Å². The van der Waals surface area contributed by atoms with Crippen molar-refractivity contribution in [1.82, 2.24) is 19.5 Å². The Hall–Kier alpha value is -2.96. The van der Waals surface area contributed by atoms with Crippen LogP contribution in [0.5, 0.6) is 0 Å². The molecule has 0 N–H and O–H groups in total. The van der Waals surface area contributed by atoms with Gasteiger partial charge in [-0.2, -0.15) is 5.10 Å². The van der Waals surface area contributed by atoms with E-state index in [0.717, 1.165) is 18.5 Å². The monoisotopic (exact) mass is 396 g/mol. The number of carbonyl (C=O) groups is 1. The van der Waals surface area contributed by atoms with Crippen LogP contribution in [0.1, 0.15) is 45.2 Å². The number of amides is 1. The molecule has 152 valence electrons. The molecule has 0 aliphatic carbocycles. The maximum absolute atomic E-state index is 13.6. The van der Waals surface area contributed by atoms with Gasteiger partial charge in [0.15, 0.2) is 5.65 Å². The molecule has 1 amide bonds. The van der Waals surface area contributed by atoms with Crippen molar-refractivity contribution in [1.29, 1.82) is 0 Å². The van der Waals surface area contributed by atoms with Gasteiger partial charge in [-0.1, -0.05) is 12.1 Å². The quantitative estimate of drug-likeness (QED) is 0.633. The first kappa shape index (κ1) is 19.4. The Balaban J connectivity index is 1.63. The standard InChI is InChI=1S/C22H25FN4O2/c1-22(2,3)29-21(28)26-11-5-7-16(14-26)19-9-10-24-20-13-18(25-27(19)20)15-6-4-8-17(23)12-15/h4,6,8-10,12-13,16H,5,7,11,14H2,1-3H3/t16-/m0/s1. The van der Waals surface area contributed by atoms with Crippen LogP contribution in [-0.2, 0) is 4.74 Å².